The molecule has 0 radical (unpaired) electrons. The lowest BCUT2D eigenvalue weighted by Gasteiger charge is -2.06. The smallest absolute Gasteiger partial charge is 0.180 e. The van der Waals surface area contributed by atoms with Crippen molar-refractivity contribution >= 4 is 0 Å². The maximum absolute atomic E-state index is 13.3. The molecule has 0 atom stereocenters. The van der Waals surface area contributed by atoms with Gasteiger partial charge in [-0.05, 0) is 12.0 Å². The molecule has 0 unspecified atom stereocenters. The number of rotatable bonds is 2. The van der Waals surface area contributed by atoms with Crippen molar-refractivity contribution in [3.8, 4) is 23.6 Å². The molecular formula is C10H8F2O2. The lowest BCUT2D eigenvalue weighted by molar-refractivity contribution is 0.373. The molecule has 0 aliphatic rings. The predicted octanol–water partition coefficient (Wildman–Crippen LogP) is 2.12. The SMILES string of the molecule is COc1cc(C#CF)c(F)c(OC)c1. The third-order valence-electron chi connectivity index (χ3n) is 1.65. The highest BCUT2D eigenvalue weighted by Crippen LogP contribution is 2.26. The second kappa shape index (κ2) is 4.47. The van der Waals surface area contributed by atoms with Gasteiger partial charge in [0.2, 0.25) is 0 Å². The summed E-state index contributed by atoms with van der Waals surface area (Å²) in [6, 6.07) is 2.66. The molecule has 0 bridgehead atoms. The number of halogens is 2. The monoisotopic (exact) mass is 198 g/mol. The van der Waals surface area contributed by atoms with Gasteiger partial charge in [-0.1, -0.05) is 0 Å². The molecule has 0 aliphatic carbocycles. The zero-order valence-electron chi connectivity index (χ0n) is 7.73. The number of hydrogen-bond acceptors (Lipinski definition) is 2. The topological polar surface area (TPSA) is 18.5 Å². The molecule has 14 heavy (non-hydrogen) atoms. The Hall–Kier alpha value is -1.76. The van der Waals surface area contributed by atoms with E-state index in [2.05, 4.69) is 0 Å². The Morgan fingerprint density at radius 2 is 1.93 bits per heavy atom. The lowest BCUT2D eigenvalue weighted by Crippen LogP contribution is -1.94. The maximum atomic E-state index is 13.3. The van der Waals surface area contributed by atoms with Crippen LogP contribution in [0.2, 0.25) is 0 Å². The molecule has 1 rings (SSSR count). The van der Waals surface area contributed by atoms with Crippen LogP contribution < -0.4 is 9.47 Å². The molecule has 2 nitrogen and oxygen atoms in total. The molecule has 0 aromatic heterocycles. The van der Waals surface area contributed by atoms with Crippen LogP contribution in [-0.4, -0.2) is 14.2 Å². The molecule has 0 saturated heterocycles. The Balaban J connectivity index is 3.31. The summed E-state index contributed by atoms with van der Waals surface area (Å²) >= 11 is 0. The van der Waals surface area contributed by atoms with Crippen molar-refractivity contribution in [3.63, 3.8) is 0 Å². The summed E-state index contributed by atoms with van der Waals surface area (Å²) in [5.41, 5.74) is -0.0938. The highest BCUT2D eigenvalue weighted by molar-refractivity contribution is 5.47. The molecular weight excluding hydrogens is 190 g/mol. The summed E-state index contributed by atoms with van der Waals surface area (Å²) in [6.07, 6.45) is 1.13. The van der Waals surface area contributed by atoms with Crippen LogP contribution in [0, 0.1) is 17.9 Å². The molecule has 74 valence electrons. The fraction of sp³-hybridized carbons (Fsp3) is 0.200. The van der Waals surface area contributed by atoms with Crippen molar-refractivity contribution in [2.45, 2.75) is 0 Å². The van der Waals surface area contributed by atoms with Crippen molar-refractivity contribution in [2.24, 2.45) is 0 Å². The van der Waals surface area contributed by atoms with Gasteiger partial charge >= 0.3 is 0 Å². The summed E-state index contributed by atoms with van der Waals surface area (Å²) in [5.74, 6) is 1.61. The predicted molar refractivity (Wildman–Crippen MR) is 47.5 cm³/mol. The van der Waals surface area contributed by atoms with E-state index in [1.807, 2.05) is 5.92 Å². The Labute approximate surface area is 80.4 Å². The van der Waals surface area contributed by atoms with Gasteiger partial charge in [-0.15, -0.1) is 4.39 Å². The van der Waals surface area contributed by atoms with E-state index in [4.69, 9.17) is 9.47 Å². The standard InChI is InChI=1S/C10H8F2O2/c1-13-8-5-7(3-4-11)10(12)9(6-8)14-2/h5-6H,1-2H3. The molecule has 0 amide bonds. The van der Waals surface area contributed by atoms with E-state index < -0.39 is 5.82 Å². The van der Waals surface area contributed by atoms with Gasteiger partial charge < -0.3 is 9.47 Å². The quantitative estimate of drug-likeness (QED) is 0.677. The fourth-order valence-electron chi connectivity index (χ4n) is 0.981. The van der Waals surface area contributed by atoms with Crippen LogP contribution in [0.25, 0.3) is 0 Å². The van der Waals surface area contributed by atoms with Crippen LogP contribution in [0.15, 0.2) is 12.1 Å². The van der Waals surface area contributed by atoms with Crippen LogP contribution in [-0.2, 0) is 0 Å². The lowest BCUT2D eigenvalue weighted by atomic mass is 10.2. The number of benzene rings is 1. The Kier molecular flexibility index (Phi) is 3.29. The Bertz CT molecular complexity index is 391. The maximum Gasteiger partial charge on any atom is 0.180 e. The van der Waals surface area contributed by atoms with E-state index in [-0.39, 0.29) is 11.3 Å². The third-order valence-corrected chi connectivity index (χ3v) is 1.65. The molecule has 4 heteroatoms. The van der Waals surface area contributed by atoms with E-state index in [1.165, 1.54) is 26.4 Å². The number of hydrogen-bond donors (Lipinski definition) is 0. The summed E-state index contributed by atoms with van der Waals surface area (Å²) in [6.45, 7) is 0. The van der Waals surface area contributed by atoms with Crippen LogP contribution >= 0.6 is 0 Å². The highest BCUT2D eigenvalue weighted by Gasteiger charge is 2.10. The second-order valence-corrected chi connectivity index (χ2v) is 2.41. The normalized spacial score (nSPS) is 8.86. The molecule has 0 spiro atoms. The molecule has 1 aromatic carbocycles. The summed E-state index contributed by atoms with van der Waals surface area (Å²) in [7, 11) is 2.73. The van der Waals surface area contributed by atoms with Crippen LogP contribution in [0.5, 0.6) is 11.5 Å². The first kappa shape index (κ1) is 10.3. The van der Waals surface area contributed by atoms with Gasteiger partial charge in [0.1, 0.15) is 11.9 Å². The summed E-state index contributed by atoms with van der Waals surface area (Å²) < 4.78 is 34.6. The fourth-order valence-corrected chi connectivity index (χ4v) is 0.981. The van der Waals surface area contributed by atoms with E-state index in [9.17, 15) is 8.78 Å². The number of methoxy groups -OCH3 is 2. The van der Waals surface area contributed by atoms with Crippen LogP contribution in [0.1, 0.15) is 5.56 Å². The Morgan fingerprint density at radius 1 is 1.21 bits per heavy atom. The zero-order valence-corrected chi connectivity index (χ0v) is 7.73. The first-order valence-corrected chi connectivity index (χ1v) is 3.76. The van der Waals surface area contributed by atoms with Gasteiger partial charge in [0.15, 0.2) is 11.6 Å². The van der Waals surface area contributed by atoms with Crippen molar-refractivity contribution < 1.29 is 18.3 Å². The first-order chi connectivity index (χ1) is 6.72. The van der Waals surface area contributed by atoms with Gasteiger partial charge in [-0.2, -0.15) is 0 Å². The minimum atomic E-state index is -0.696. The van der Waals surface area contributed by atoms with Crippen molar-refractivity contribution in [1.82, 2.24) is 0 Å². The number of ether oxygens (including phenoxy) is 2. The first-order valence-electron chi connectivity index (χ1n) is 3.76. The zero-order chi connectivity index (χ0) is 10.6. The third kappa shape index (κ3) is 1.94. The minimum Gasteiger partial charge on any atom is -0.497 e. The highest BCUT2D eigenvalue weighted by atomic mass is 19.1. The van der Waals surface area contributed by atoms with Crippen LogP contribution in [0.4, 0.5) is 8.78 Å². The van der Waals surface area contributed by atoms with Crippen LogP contribution in [0.3, 0.4) is 0 Å². The van der Waals surface area contributed by atoms with E-state index in [1.54, 1.807) is 0 Å². The average molecular weight is 198 g/mol. The second-order valence-electron chi connectivity index (χ2n) is 2.41. The van der Waals surface area contributed by atoms with Crippen molar-refractivity contribution in [3.05, 3.63) is 23.5 Å². The van der Waals surface area contributed by atoms with E-state index in [0.717, 1.165) is 6.17 Å². The van der Waals surface area contributed by atoms with Crippen molar-refractivity contribution in [1.29, 1.82) is 0 Å². The summed E-state index contributed by atoms with van der Waals surface area (Å²) in [5, 5.41) is 0. The minimum absolute atomic E-state index is 0.0258. The largest absolute Gasteiger partial charge is 0.497 e. The molecule has 0 aliphatic heterocycles. The molecule has 0 N–H and O–H groups in total. The van der Waals surface area contributed by atoms with Gasteiger partial charge in [0.05, 0.1) is 19.8 Å². The van der Waals surface area contributed by atoms with E-state index >= 15 is 0 Å². The average Bonchev–Trinajstić information content (AvgIpc) is 2.21. The van der Waals surface area contributed by atoms with Crippen molar-refractivity contribution in [2.75, 3.05) is 14.2 Å². The van der Waals surface area contributed by atoms with Gasteiger partial charge in [0.25, 0.3) is 0 Å². The molecule has 0 saturated carbocycles. The molecule has 0 heterocycles. The Morgan fingerprint density at radius 3 is 2.43 bits per heavy atom. The van der Waals surface area contributed by atoms with Gasteiger partial charge in [-0.25, -0.2) is 4.39 Å². The summed E-state index contributed by atoms with van der Waals surface area (Å²) in [4.78, 5) is 0. The van der Waals surface area contributed by atoms with Gasteiger partial charge in [0, 0.05) is 6.07 Å². The molecule has 1 aromatic rings. The molecule has 0 fully saturated rings. The van der Waals surface area contributed by atoms with Gasteiger partial charge in [-0.3, -0.25) is 0 Å². The van der Waals surface area contributed by atoms with E-state index in [0.29, 0.717) is 5.75 Å².